The maximum atomic E-state index is 10.8. The zero-order valence-electron chi connectivity index (χ0n) is 10.0. The topological polar surface area (TPSA) is 69.4 Å². The molecule has 4 nitrogen and oxygen atoms in total. The summed E-state index contributed by atoms with van der Waals surface area (Å²) in [7, 11) is -3.36. The number of hydrogen-bond acceptors (Lipinski definition) is 3. The molecule has 1 fully saturated rings. The van der Waals surface area contributed by atoms with Crippen LogP contribution in [0.1, 0.15) is 39.0 Å². The second-order valence-electron chi connectivity index (χ2n) is 4.98. The Labute approximate surface area is 98.6 Å². The monoisotopic (exact) mass is 249 g/mol. The van der Waals surface area contributed by atoms with Crippen LogP contribution in [0.5, 0.6) is 0 Å². The number of primary sulfonamides is 1. The van der Waals surface area contributed by atoms with Gasteiger partial charge in [-0.15, -0.1) is 0 Å². The summed E-state index contributed by atoms with van der Waals surface area (Å²) in [6, 6.07) is 0. The highest BCUT2D eigenvalue weighted by atomic mass is 32.2. The van der Waals surface area contributed by atoms with Gasteiger partial charge in [-0.05, 0) is 24.7 Å². The summed E-state index contributed by atoms with van der Waals surface area (Å²) in [6.07, 6.45) is 6.47. The first-order chi connectivity index (χ1) is 7.47. The summed E-state index contributed by atoms with van der Waals surface area (Å²) in [5, 5.41) is 4.97. The van der Waals surface area contributed by atoms with E-state index in [0.717, 1.165) is 6.61 Å². The minimum atomic E-state index is -3.36. The van der Waals surface area contributed by atoms with E-state index in [1.165, 1.54) is 32.1 Å². The molecular formula is C11H23NO3S. The number of nitrogens with two attached hydrogens (primary N) is 1. The molecule has 1 atom stereocenters. The molecule has 1 aliphatic rings. The van der Waals surface area contributed by atoms with Crippen molar-refractivity contribution >= 4 is 10.0 Å². The molecule has 0 radical (unpaired) electrons. The average Bonchev–Trinajstić information content (AvgIpc) is 2.16. The van der Waals surface area contributed by atoms with Gasteiger partial charge in [0.1, 0.15) is 0 Å². The largest absolute Gasteiger partial charge is 0.381 e. The number of hydrogen-bond donors (Lipinski definition) is 1. The van der Waals surface area contributed by atoms with Gasteiger partial charge in [-0.1, -0.05) is 26.2 Å². The molecule has 0 spiro atoms. The van der Waals surface area contributed by atoms with E-state index in [4.69, 9.17) is 9.88 Å². The smallest absolute Gasteiger partial charge is 0.209 e. The van der Waals surface area contributed by atoms with Gasteiger partial charge in [0.2, 0.25) is 10.0 Å². The molecule has 96 valence electrons. The summed E-state index contributed by atoms with van der Waals surface area (Å²) in [5.74, 6) is 0.673. The maximum absolute atomic E-state index is 10.8. The van der Waals surface area contributed by atoms with E-state index in [1.807, 2.05) is 6.92 Å². The van der Waals surface area contributed by atoms with Crippen molar-refractivity contribution in [2.75, 3.05) is 19.0 Å². The fraction of sp³-hybridized carbons (Fsp3) is 1.00. The first-order valence-electron chi connectivity index (χ1n) is 6.05. The third-order valence-electron chi connectivity index (χ3n) is 3.00. The molecule has 0 bridgehead atoms. The van der Waals surface area contributed by atoms with E-state index in [0.29, 0.717) is 12.5 Å². The lowest BCUT2D eigenvalue weighted by atomic mass is 9.90. The van der Waals surface area contributed by atoms with E-state index in [1.54, 1.807) is 0 Å². The Morgan fingerprint density at radius 2 is 1.94 bits per heavy atom. The molecule has 0 aliphatic heterocycles. The Morgan fingerprint density at radius 3 is 2.50 bits per heavy atom. The van der Waals surface area contributed by atoms with Crippen LogP contribution in [0.3, 0.4) is 0 Å². The second kappa shape index (κ2) is 6.57. The minimum absolute atomic E-state index is 0.0116. The first-order valence-corrected chi connectivity index (χ1v) is 7.77. The van der Waals surface area contributed by atoms with E-state index in [9.17, 15) is 8.42 Å². The van der Waals surface area contributed by atoms with Gasteiger partial charge in [0.05, 0.1) is 12.4 Å². The summed E-state index contributed by atoms with van der Waals surface area (Å²) in [5.41, 5.74) is 0. The lowest BCUT2D eigenvalue weighted by Gasteiger charge is -2.22. The highest BCUT2D eigenvalue weighted by Crippen LogP contribution is 2.23. The Hall–Kier alpha value is -0.130. The number of ether oxygens (including phenoxy) is 1. The number of sulfonamides is 1. The van der Waals surface area contributed by atoms with Gasteiger partial charge >= 0.3 is 0 Å². The second-order valence-corrected chi connectivity index (χ2v) is 6.64. The molecule has 2 N–H and O–H groups in total. The number of rotatable bonds is 6. The van der Waals surface area contributed by atoms with Crippen LogP contribution in [0.4, 0.5) is 0 Å². The van der Waals surface area contributed by atoms with Gasteiger partial charge in [0.15, 0.2) is 0 Å². The van der Waals surface area contributed by atoms with E-state index in [2.05, 4.69) is 0 Å². The van der Waals surface area contributed by atoms with Gasteiger partial charge in [0.25, 0.3) is 0 Å². The van der Waals surface area contributed by atoms with Gasteiger partial charge in [-0.25, -0.2) is 13.6 Å². The lowest BCUT2D eigenvalue weighted by Crippen LogP contribution is -2.25. The normalized spacial score (nSPS) is 20.9. The summed E-state index contributed by atoms with van der Waals surface area (Å²) >= 11 is 0. The molecule has 0 heterocycles. The van der Waals surface area contributed by atoms with Crippen molar-refractivity contribution in [3.63, 3.8) is 0 Å². The van der Waals surface area contributed by atoms with Gasteiger partial charge in [-0.2, -0.15) is 0 Å². The van der Waals surface area contributed by atoms with Crippen LogP contribution < -0.4 is 5.14 Å². The molecule has 0 aromatic rings. The molecule has 0 aromatic heterocycles. The minimum Gasteiger partial charge on any atom is -0.381 e. The molecule has 0 aromatic carbocycles. The van der Waals surface area contributed by atoms with E-state index in [-0.39, 0.29) is 11.7 Å². The average molecular weight is 249 g/mol. The van der Waals surface area contributed by atoms with Gasteiger partial charge in [0, 0.05) is 6.61 Å². The predicted molar refractivity (Wildman–Crippen MR) is 64.5 cm³/mol. The standard InChI is InChI=1S/C11H23NO3S/c1-10(9-16(12,13)14)7-15-8-11-5-3-2-4-6-11/h10-11H,2-9H2,1H3,(H2,12,13,14). The van der Waals surface area contributed by atoms with Crippen molar-refractivity contribution in [1.82, 2.24) is 0 Å². The van der Waals surface area contributed by atoms with Crippen LogP contribution in [0.15, 0.2) is 0 Å². The van der Waals surface area contributed by atoms with Crippen LogP contribution >= 0.6 is 0 Å². The van der Waals surface area contributed by atoms with Crippen molar-refractivity contribution in [3.8, 4) is 0 Å². The summed E-state index contributed by atoms with van der Waals surface area (Å²) in [4.78, 5) is 0. The molecule has 1 rings (SSSR count). The zero-order chi connectivity index (χ0) is 12.0. The fourth-order valence-electron chi connectivity index (χ4n) is 2.23. The van der Waals surface area contributed by atoms with Crippen LogP contribution in [-0.2, 0) is 14.8 Å². The third kappa shape index (κ3) is 6.45. The molecular weight excluding hydrogens is 226 g/mol. The Balaban J connectivity index is 2.10. The highest BCUT2D eigenvalue weighted by molar-refractivity contribution is 7.89. The summed E-state index contributed by atoms with van der Waals surface area (Å²) < 4.78 is 27.2. The van der Waals surface area contributed by atoms with Crippen molar-refractivity contribution in [2.45, 2.75) is 39.0 Å². The first kappa shape index (κ1) is 13.9. The summed E-state index contributed by atoms with van der Waals surface area (Å²) in [6.45, 7) is 3.12. The van der Waals surface area contributed by atoms with Crippen molar-refractivity contribution < 1.29 is 13.2 Å². The molecule has 5 heteroatoms. The quantitative estimate of drug-likeness (QED) is 0.775. The molecule has 16 heavy (non-hydrogen) atoms. The maximum Gasteiger partial charge on any atom is 0.209 e. The fourth-order valence-corrected chi connectivity index (χ4v) is 3.12. The molecule has 1 aliphatic carbocycles. The lowest BCUT2D eigenvalue weighted by molar-refractivity contribution is 0.0683. The van der Waals surface area contributed by atoms with E-state index < -0.39 is 10.0 Å². The van der Waals surface area contributed by atoms with Crippen LogP contribution in [0.25, 0.3) is 0 Å². The highest BCUT2D eigenvalue weighted by Gasteiger charge is 2.15. The SMILES string of the molecule is CC(COCC1CCCCC1)CS(N)(=O)=O. The molecule has 1 saturated carbocycles. The van der Waals surface area contributed by atoms with Gasteiger partial charge in [-0.3, -0.25) is 0 Å². The third-order valence-corrected chi connectivity index (χ3v) is 4.03. The van der Waals surface area contributed by atoms with E-state index >= 15 is 0 Å². The van der Waals surface area contributed by atoms with Gasteiger partial charge < -0.3 is 4.74 Å². The predicted octanol–water partition coefficient (Wildman–Crippen LogP) is 1.51. The van der Waals surface area contributed by atoms with Crippen LogP contribution in [0.2, 0.25) is 0 Å². The molecule has 0 saturated heterocycles. The van der Waals surface area contributed by atoms with Crippen molar-refractivity contribution in [3.05, 3.63) is 0 Å². The Bertz CT molecular complexity index is 284. The van der Waals surface area contributed by atoms with Crippen molar-refractivity contribution in [1.29, 1.82) is 0 Å². The molecule has 0 amide bonds. The molecule has 1 unspecified atom stereocenters. The van der Waals surface area contributed by atoms with Crippen molar-refractivity contribution in [2.24, 2.45) is 17.0 Å². The Kier molecular flexibility index (Phi) is 5.72. The van der Waals surface area contributed by atoms with Crippen LogP contribution in [0, 0.1) is 11.8 Å². The zero-order valence-corrected chi connectivity index (χ0v) is 10.8. The Morgan fingerprint density at radius 1 is 1.31 bits per heavy atom. The van der Waals surface area contributed by atoms with Crippen LogP contribution in [-0.4, -0.2) is 27.4 Å².